The molecule has 0 unspecified atom stereocenters. The molecule has 4 N–H and O–H groups in total. The topological polar surface area (TPSA) is 254 Å². The van der Waals surface area contributed by atoms with Gasteiger partial charge in [-0.3, -0.25) is 38.4 Å². The maximum atomic E-state index is 13.4. The van der Waals surface area contributed by atoms with Crippen LogP contribution < -0.4 is 0 Å². The van der Waals surface area contributed by atoms with Crippen molar-refractivity contribution in [2.45, 2.75) is 140 Å². The van der Waals surface area contributed by atoms with E-state index >= 15 is 0 Å². The van der Waals surface area contributed by atoms with Gasteiger partial charge in [-0.25, -0.2) is 0 Å². The van der Waals surface area contributed by atoms with Gasteiger partial charge in [-0.2, -0.15) is 0 Å². The van der Waals surface area contributed by atoms with E-state index in [2.05, 4.69) is 0 Å². The van der Waals surface area contributed by atoms with Crippen molar-refractivity contribution in [3.63, 3.8) is 0 Å². The highest BCUT2D eigenvalue weighted by atomic mass is 16.6. The number of rotatable bonds is 26. The maximum Gasteiger partial charge on any atom is 0.306 e. The monoisotopic (exact) mass is 776 g/mol. The zero-order chi connectivity index (χ0) is 41.1. The van der Waals surface area contributed by atoms with Crippen molar-refractivity contribution < 1.29 is 77.7 Å². The molecular formula is C39H52O16. The number of carbonyl (C=O) groups excluding carboxylic acids is 4. The Hall–Kier alpha value is -5.28. The largest absolute Gasteiger partial charge is 0.481 e. The first-order chi connectivity index (χ1) is 25.9. The second-order valence-electron chi connectivity index (χ2n) is 13.9. The first-order valence-corrected chi connectivity index (χ1v) is 18.4. The molecule has 0 aromatic carbocycles. The predicted octanol–water partition coefficient (Wildman–Crippen LogP) is 5.23. The van der Waals surface area contributed by atoms with Crippen LogP contribution >= 0.6 is 0 Å². The fourth-order valence-corrected chi connectivity index (χ4v) is 5.96. The minimum absolute atomic E-state index is 0.0252. The third kappa shape index (κ3) is 15.5. The van der Waals surface area contributed by atoms with Crippen molar-refractivity contribution >= 4 is 47.8 Å². The molecule has 0 radical (unpaired) electrons. The fraction of sp³-hybridized carbons (Fsp3) is 0.590. The van der Waals surface area contributed by atoms with Gasteiger partial charge in [0.2, 0.25) is 0 Å². The van der Waals surface area contributed by atoms with Gasteiger partial charge in [0.1, 0.15) is 12.2 Å². The smallest absolute Gasteiger partial charge is 0.306 e. The van der Waals surface area contributed by atoms with Crippen LogP contribution in [-0.2, 0) is 57.3 Å². The summed E-state index contributed by atoms with van der Waals surface area (Å²) in [6.45, 7) is 3.32. The highest BCUT2D eigenvalue weighted by Crippen LogP contribution is 2.51. The Kier molecular flexibility index (Phi) is 18.5. The normalized spacial score (nSPS) is 21.3. The molecule has 2 aliphatic carbocycles. The minimum Gasteiger partial charge on any atom is -0.481 e. The highest BCUT2D eigenvalue weighted by molar-refractivity contribution is 5.74. The lowest BCUT2D eigenvalue weighted by atomic mass is 9.61. The number of esters is 4. The van der Waals surface area contributed by atoms with Crippen LogP contribution in [0.4, 0.5) is 0 Å². The quantitative estimate of drug-likeness (QED) is 0.0379. The standard InChI is InChI=1S/C39H52O16/c1-37(2,38(54-35(50)17-9-5-13-31(44)45)23-19-27(20-24-38)52-33(48)15-7-3-11-29(40)41)39(55-36(51)18-10-6-14-32(46)47)25-21-28(22-26-39)53-34(49)16-8-4-12-30(42)43/h19-28H,3-18H2,1-2H3,(H,40,41)(H,42,43)(H,44,45)(H,46,47). The summed E-state index contributed by atoms with van der Waals surface area (Å²) in [5.74, 6) is -6.56. The van der Waals surface area contributed by atoms with Crippen LogP contribution in [0, 0.1) is 5.41 Å². The van der Waals surface area contributed by atoms with Crippen molar-refractivity contribution in [1.29, 1.82) is 0 Å². The van der Waals surface area contributed by atoms with E-state index in [1.165, 1.54) is 48.6 Å². The first-order valence-electron chi connectivity index (χ1n) is 18.4. The maximum absolute atomic E-state index is 13.4. The Labute approximate surface area is 319 Å². The number of carboxylic acid groups (broad SMARTS) is 4. The van der Waals surface area contributed by atoms with Gasteiger partial charge in [-0.1, -0.05) is 13.8 Å². The molecule has 304 valence electrons. The Balaban J connectivity index is 2.43. The molecule has 0 aromatic heterocycles. The zero-order valence-electron chi connectivity index (χ0n) is 31.3. The van der Waals surface area contributed by atoms with E-state index in [-0.39, 0.29) is 89.9 Å². The van der Waals surface area contributed by atoms with E-state index in [1.807, 2.05) is 0 Å². The minimum atomic E-state index is -1.69. The molecule has 0 saturated heterocycles. The van der Waals surface area contributed by atoms with E-state index in [9.17, 15) is 38.4 Å². The van der Waals surface area contributed by atoms with Gasteiger partial charge < -0.3 is 39.4 Å². The van der Waals surface area contributed by atoms with Crippen molar-refractivity contribution in [2.75, 3.05) is 0 Å². The molecule has 0 heterocycles. The Morgan fingerprint density at radius 1 is 0.436 bits per heavy atom. The molecule has 0 amide bonds. The lowest BCUT2D eigenvalue weighted by molar-refractivity contribution is -0.184. The lowest BCUT2D eigenvalue weighted by Gasteiger charge is -2.52. The number of hydrogen-bond acceptors (Lipinski definition) is 12. The number of ether oxygens (including phenoxy) is 4. The molecule has 16 nitrogen and oxygen atoms in total. The van der Waals surface area contributed by atoms with Gasteiger partial charge in [-0.05, 0) is 100.0 Å². The Morgan fingerprint density at radius 2 is 0.673 bits per heavy atom. The second-order valence-corrected chi connectivity index (χ2v) is 13.9. The van der Waals surface area contributed by atoms with E-state index in [0.29, 0.717) is 12.8 Å². The number of unbranched alkanes of at least 4 members (excludes halogenated alkanes) is 4. The predicted molar refractivity (Wildman–Crippen MR) is 192 cm³/mol. The molecule has 0 bridgehead atoms. The van der Waals surface area contributed by atoms with Gasteiger partial charge in [0.15, 0.2) is 11.2 Å². The molecule has 0 atom stereocenters. The third-order valence-corrected chi connectivity index (χ3v) is 9.27. The summed E-state index contributed by atoms with van der Waals surface area (Å²) in [7, 11) is 0. The first kappa shape index (κ1) is 45.9. The third-order valence-electron chi connectivity index (χ3n) is 9.27. The Bertz CT molecular complexity index is 1380. The fourth-order valence-electron chi connectivity index (χ4n) is 5.96. The number of carbonyl (C=O) groups is 8. The highest BCUT2D eigenvalue weighted by Gasteiger charge is 2.59. The average molecular weight is 777 g/mol. The summed E-state index contributed by atoms with van der Waals surface area (Å²) in [5, 5.41) is 35.7. The van der Waals surface area contributed by atoms with Crippen LogP contribution in [0.2, 0.25) is 0 Å². The van der Waals surface area contributed by atoms with Gasteiger partial charge in [0.05, 0.1) is 5.41 Å². The van der Waals surface area contributed by atoms with Crippen molar-refractivity contribution in [2.24, 2.45) is 5.41 Å². The van der Waals surface area contributed by atoms with Crippen LogP contribution in [0.25, 0.3) is 0 Å². The van der Waals surface area contributed by atoms with Gasteiger partial charge in [-0.15, -0.1) is 0 Å². The van der Waals surface area contributed by atoms with Gasteiger partial charge in [0.25, 0.3) is 0 Å². The Morgan fingerprint density at radius 3 is 0.927 bits per heavy atom. The summed E-state index contributed by atoms with van der Waals surface area (Å²) in [6.07, 6.45) is 11.3. The molecule has 16 heteroatoms. The summed E-state index contributed by atoms with van der Waals surface area (Å²) in [6, 6.07) is 0. The summed E-state index contributed by atoms with van der Waals surface area (Å²) in [4.78, 5) is 95.4. The SMILES string of the molecule is CC(C)(C1(OC(=O)CCCCC(=O)O)C=CC(OC(=O)CCCCC(=O)O)C=C1)C1(OC(=O)CCCCC(=O)O)C=CC(OC(=O)CCCCC(=O)O)C=C1. The van der Waals surface area contributed by atoms with E-state index < -0.39 is 76.6 Å². The molecule has 55 heavy (non-hydrogen) atoms. The zero-order valence-corrected chi connectivity index (χ0v) is 31.3. The van der Waals surface area contributed by atoms with Crippen LogP contribution in [0.15, 0.2) is 48.6 Å². The number of hydrogen-bond donors (Lipinski definition) is 4. The summed E-state index contributed by atoms with van der Waals surface area (Å²) in [5.41, 5.74) is -4.79. The number of carboxylic acids is 4. The van der Waals surface area contributed by atoms with Crippen LogP contribution in [0.3, 0.4) is 0 Å². The molecule has 2 rings (SSSR count). The molecule has 0 saturated carbocycles. The van der Waals surface area contributed by atoms with Gasteiger partial charge >= 0.3 is 47.8 Å². The van der Waals surface area contributed by atoms with Gasteiger partial charge in [0, 0.05) is 51.4 Å². The van der Waals surface area contributed by atoms with E-state index in [1.54, 1.807) is 13.8 Å². The van der Waals surface area contributed by atoms with Crippen LogP contribution in [0.5, 0.6) is 0 Å². The van der Waals surface area contributed by atoms with Crippen LogP contribution in [0.1, 0.15) is 117 Å². The van der Waals surface area contributed by atoms with E-state index in [4.69, 9.17) is 39.4 Å². The van der Waals surface area contributed by atoms with Crippen LogP contribution in [-0.4, -0.2) is 91.6 Å². The molecule has 2 aliphatic rings. The average Bonchev–Trinajstić information content (AvgIpc) is 3.10. The van der Waals surface area contributed by atoms with Crippen molar-refractivity contribution in [3.05, 3.63) is 48.6 Å². The molecule has 0 spiro atoms. The molecule has 0 fully saturated rings. The van der Waals surface area contributed by atoms with E-state index in [0.717, 1.165) is 0 Å². The summed E-state index contributed by atoms with van der Waals surface area (Å²) < 4.78 is 23.3. The second kappa shape index (κ2) is 22.2. The molecule has 0 aromatic rings. The number of aliphatic carboxylic acids is 4. The van der Waals surface area contributed by atoms with Crippen molar-refractivity contribution in [3.8, 4) is 0 Å². The molecule has 0 aliphatic heterocycles. The summed E-state index contributed by atoms with van der Waals surface area (Å²) >= 11 is 0. The lowest BCUT2D eigenvalue weighted by Crippen LogP contribution is -2.60. The molecular weight excluding hydrogens is 724 g/mol. The van der Waals surface area contributed by atoms with Crippen molar-refractivity contribution in [1.82, 2.24) is 0 Å².